The number of aryl methyl sites for hydroxylation is 1. The Hall–Kier alpha value is -1.84. The maximum absolute atomic E-state index is 11.4. The average molecular weight is 258 g/mol. The molecule has 100 valence electrons. The highest BCUT2D eigenvalue weighted by Gasteiger charge is 2.19. The molecule has 4 nitrogen and oxygen atoms in total. The third-order valence-electron chi connectivity index (χ3n) is 3.90. The summed E-state index contributed by atoms with van der Waals surface area (Å²) < 4.78 is 7.60. The second-order valence-electron chi connectivity index (χ2n) is 5.32. The van der Waals surface area contributed by atoms with E-state index in [-0.39, 0.29) is 5.78 Å². The molecule has 1 aliphatic carbocycles. The summed E-state index contributed by atoms with van der Waals surface area (Å²) >= 11 is 0. The van der Waals surface area contributed by atoms with Crippen LogP contribution in [0.15, 0.2) is 18.2 Å². The van der Waals surface area contributed by atoms with Crippen LogP contribution < -0.4 is 4.74 Å². The Morgan fingerprint density at radius 1 is 1.47 bits per heavy atom. The van der Waals surface area contributed by atoms with Crippen LogP contribution in [0.5, 0.6) is 5.88 Å². The highest BCUT2D eigenvalue weighted by Crippen LogP contribution is 2.29. The third kappa shape index (κ3) is 2.23. The number of rotatable bonds is 4. The lowest BCUT2D eigenvalue weighted by atomic mass is 9.86. The van der Waals surface area contributed by atoms with Gasteiger partial charge in [0.25, 0.3) is 0 Å². The van der Waals surface area contributed by atoms with Gasteiger partial charge in [0.2, 0.25) is 5.88 Å². The zero-order chi connectivity index (χ0) is 13.4. The second kappa shape index (κ2) is 4.68. The minimum absolute atomic E-state index is 0.0695. The zero-order valence-corrected chi connectivity index (χ0v) is 11.3. The number of hydrogen-bond acceptors (Lipinski definition) is 3. The Morgan fingerprint density at radius 2 is 2.26 bits per heavy atom. The highest BCUT2D eigenvalue weighted by molar-refractivity contribution is 5.98. The number of benzene rings is 1. The van der Waals surface area contributed by atoms with E-state index in [0.717, 1.165) is 17.5 Å². The van der Waals surface area contributed by atoms with E-state index in [4.69, 9.17) is 4.74 Å². The molecule has 0 unspecified atom stereocenters. The van der Waals surface area contributed by atoms with Gasteiger partial charge in [0.1, 0.15) is 0 Å². The van der Waals surface area contributed by atoms with Crippen molar-refractivity contribution in [2.75, 3.05) is 6.61 Å². The van der Waals surface area contributed by atoms with Crippen molar-refractivity contribution in [2.24, 2.45) is 13.0 Å². The summed E-state index contributed by atoms with van der Waals surface area (Å²) in [7, 11) is 1.88. The minimum Gasteiger partial charge on any atom is -0.476 e. The number of ketones is 1. The molecule has 1 aromatic heterocycles. The van der Waals surface area contributed by atoms with E-state index < -0.39 is 0 Å². The summed E-state index contributed by atoms with van der Waals surface area (Å²) in [6.45, 7) is 2.33. The van der Waals surface area contributed by atoms with E-state index in [1.807, 2.05) is 25.2 Å². The first-order valence-electron chi connectivity index (χ1n) is 6.75. The van der Waals surface area contributed by atoms with Gasteiger partial charge in [-0.25, -0.2) is 0 Å². The smallest absolute Gasteiger partial charge is 0.240 e. The van der Waals surface area contributed by atoms with Gasteiger partial charge >= 0.3 is 0 Å². The third-order valence-corrected chi connectivity index (χ3v) is 3.90. The van der Waals surface area contributed by atoms with Crippen LogP contribution in [0, 0.1) is 5.92 Å². The van der Waals surface area contributed by atoms with E-state index in [1.54, 1.807) is 11.6 Å². The van der Waals surface area contributed by atoms with Gasteiger partial charge in [-0.3, -0.25) is 9.48 Å². The number of fused-ring (bicyclic) bond motifs is 1. The number of ether oxygens (including phenoxy) is 1. The Bertz CT molecular complexity index is 626. The lowest BCUT2D eigenvalue weighted by Gasteiger charge is -2.24. The van der Waals surface area contributed by atoms with Crippen molar-refractivity contribution in [3.05, 3.63) is 23.8 Å². The summed E-state index contributed by atoms with van der Waals surface area (Å²) in [5.41, 5.74) is 1.65. The zero-order valence-electron chi connectivity index (χ0n) is 11.3. The number of carbonyl (C=O) groups excluding carboxylic acids is 1. The van der Waals surface area contributed by atoms with Crippen molar-refractivity contribution in [2.45, 2.75) is 26.2 Å². The van der Waals surface area contributed by atoms with Crippen LogP contribution in [-0.2, 0) is 7.05 Å². The molecule has 19 heavy (non-hydrogen) atoms. The molecule has 0 radical (unpaired) electrons. The summed E-state index contributed by atoms with van der Waals surface area (Å²) in [4.78, 5) is 11.4. The fourth-order valence-electron chi connectivity index (χ4n) is 2.41. The Morgan fingerprint density at radius 3 is 2.89 bits per heavy atom. The molecule has 1 aromatic carbocycles. The van der Waals surface area contributed by atoms with Crippen LogP contribution in [0.25, 0.3) is 10.9 Å². The summed E-state index contributed by atoms with van der Waals surface area (Å²) in [5, 5.41) is 5.38. The number of carbonyl (C=O) groups is 1. The molecule has 1 fully saturated rings. The topological polar surface area (TPSA) is 44.1 Å². The van der Waals surface area contributed by atoms with E-state index in [2.05, 4.69) is 5.10 Å². The van der Waals surface area contributed by atoms with Crippen LogP contribution in [0.3, 0.4) is 0 Å². The fraction of sp³-hybridized carbons (Fsp3) is 0.467. The van der Waals surface area contributed by atoms with E-state index in [1.165, 1.54) is 19.3 Å². The first-order chi connectivity index (χ1) is 9.15. The number of hydrogen-bond donors (Lipinski definition) is 0. The van der Waals surface area contributed by atoms with E-state index in [0.29, 0.717) is 17.4 Å². The number of nitrogens with zero attached hydrogens (tertiary/aromatic N) is 2. The molecule has 0 N–H and O–H groups in total. The molecule has 0 amide bonds. The minimum atomic E-state index is 0.0695. The van der Waals surface area contributed by atoms with Gasteiger partial charge in [0.15, 0.2) is 5.78 Å². The van der Waals surface area contributed by atoms with Gasteiger partial charge in [0.05, 0.1) is 17.5 Å². The predicted molar refractivity (Wildman–Crippen MR) is 73.6 cm³/mol. The molecular weight excluding hydrogens is 240 g/mol. The van der Waals surface area contributed by atoms with Crippen molar-refractivity contribution < 1.29 is 9.53 Å². The lowest BCUT2D eigenvalue weighted by molar-refractivity contribution is 0.101. The molecular formula is C15H18N2O2. The van der Waals surface area contributed by atoms with Crippen molar-refractivity contribution in [3.8, 4) is 5.88 Å². The molecule has 1 saturated carbocycles. The molecule has 3 rings (SSSR count). The standard InChI is InChI=1S/C15H18N2O2/c1-10(18)12-6-7-13-14(8-12)17(2)16-15(13)19-9-11-4-3-5-11/h6-8,11H,3-5,9H2,1-2H3. The molecule has 1 heterocycles. The molecule has 0 saturated heterocycles. The molecule has 1 aliphatic rings. The second-order valence-corrected chi connectivity index (χ2v) is 5.32. The van der Waals surface area contributed by atoms with Crippen LogP contribution in [0.1, 0.15) is 36.5 Å². The number of aromatic nitrogens is 2. The van der Waals surface area contributed by atoms with Crippen molar-refractivity contribution >= 4 is 16.7 Å². The van der Waals surface area contributed by atoms with Gasteiger partial charge in [-0.2, -0.15) is 0 Å². The van der Waals surface area contributed by atoms with Crippen LogP contribution >= 0.6 is 0 Å². The van der Waals surface area contributed by atoms with E-state index in [9.17, 15) is 4.79 Å². The summed E-state index contributed by atoms with van der Waals surface area (Å²) in [6, 6.07) is 5.64. The van der Waals surface area contributed by atoms with Gasteiger partial charge in [-0.1, -0.05) is 12.5 Å². The highest BCUT2D eigenvalue weighted by atomic mass is 16.5. The Kier molecular flexibility index (Phi) is 3.01. The maximum Gasteiger partial charge on any atom is 0.240 e. The van der Waals surface area contributed by atoms with Gasteiger partial charge in [-0.05, 0) is 37.8 Å². The van der Waals surface area contributed by atoms with Crippen LogP contribution in [-0.4, -0.2) is 22.2 Å². The Labute approximate surface area is 112 Å². The SMILES string of the molecule is CC(=O)c1ccc2c(OCC3CCC3)nn(C)c2c1. The molecule has 0 atom stereocenters. The first-order valence-corrected chi connectivity index (χ1v) is 6.75. The summed E-state index contributed by atoms with van der Waals surface area (Å²) in [6.07, 6.45) is 3.84. The number of Topliss-reactive ketones (excluding diaryl/α,β-unsaturated/α-hetero) is 1. The lowest BCUT2D eigenvalue weighted by Crippen LogP contribution is -2.19. The van der Waals surface area contributed by atoms with Gasteiger partial charge in [0, 0.05) is 12.6 Å². The predicted octanol–water partition coefficient (Wildman–Crippen LogP) is 2.95. The Balaban J connectivity index is 1.90. The fourth-order valence-corrected chi connectivity index (χ4v) is 2.41. The van der Waals surface area contributed by atoms with Crippen molar-refractivity contribution in [1.82, 2.24) is 9.78 Å². The van der Waals surface area contributed by atoms with Crippen molar-refractivity contribution in [1.29, 1.82) is 0 Å². The quantitative estimate of drug-likeness (QED) is 0.792. The first kappa shape index (κ1) is 12.2. The normalized spacial score (nSPS) is 15.5. The molecule has 2 aromatic rings. The van der Waals surface area contributed by atoms with E-state index >= 15 is 0 Å². The molecule has 0 bridgehead atoms. The summed E-state index contributed by atoms with van der Waals surface area (Å²) in [5.74, 6) is 1.44. The largest absolute Gasteiger partial charge is 0.476 e. The van der Waals surface area contributed by atoms with Crippen molar-refractivity contribution in [3.63, 3.8) is 0 Å². The molecule has 0 spiro atoms. The molecule has 4 heteroatoms. The monoisotopic (exact) mass is 258 g/mol. The maximum atomic E-state index is 11.4. The van der Waals surface area contributed by atoms with Gasteiger partial charge in [-0.15, -0.1) is 5.10 Å². The van der Waals surface area contributed by atoms with Gasteiger partial charge < -0.3 is 4.74 Å². The van der Waals surface area contributed by atoms with Crippen LogP contribution in [0.2, 0.25) is 0 Å². The van der Waals surface area contributed by atoms with Crippen LogP contribution in [0.4, 0.5) is 0 Å². The molecule has 0 aliphatic heterocycles. The average Bonchev–Trinajstić information content (AvgIpc) is 2.64.